The summed E-state index contributed by atoms with van der Waals surface area (Å²) in [5.74, 6) is -0.321. The Bertz CT molecular complexity index is 390. The zero-order valence-electron chi connectivity index (χ0n) is 10.4. The first-order valence-electron chi connectivity index (χ1n) is 5.88. The minimum absolute atomic E-state index is 0.0999. The van der Waals surface area contributed by atoms with Gasteiger partial charge in [0, 0.05) is 6.04 Å². The van der Waals surface area contributed by atoms with Crippen LogP contribution >= 0.6 is 11.6 Å². The Balaban J connectivity index is 2.78. The minimum atomic E-state index is -0.321. The van der Waals surface area contributed by atoms with Gasteiger partial charge in [-0.3, -0.25) is 0 Å². The zero-order chi connectivity index (χ0) is 12.8. The van der Waals surface area contributed by atoms with Gasteiger partial charge in [0.25, 0.3) is 0 Å². The van der Waals surface area contributed by atoms with Gasteiger partial charge < -0.3 is 5.32 Å². The van der Waals surface area contributed by atoms with Gasteiger partial charge in [0.15, 0.2) is 0 Å². The van der Waals surface area contributed by atoms with Crippen LogP contribution in [0.5, 0.6) is 0 Å². The van der Waals surface area contributed by atoms with Gasteiger partial charge >= 0.3 is 0 Å². The highest BCUT2D eigenvalue weighted by Crippen LogP contribution is 2.20. The van der Waals surface area contributed by atoms with Gasteiger partial charge in [0.1, 0.15) is 5.82 Å². The number of hydrogen-bond donors (Lipinski definition) is 1. The number of rotatable bonds is 6. The van der Waals surface area contributed by atoms with Crippen molar-refractivity contribution in [3.8, 4) is 0 Å². The largest absolute Gasteiger partial charge is 0.310 e. The molecule has 0 bridgehead atoms. The first kappa shape index (κ1) is 14.2. The quantitative estimate of drug-likeness (QED) is 0.759. The summed E-state index contributed by atoms with van der Waals surface area (Å²) in [7, 11) is 0. The fourth-order valence-corrected chi connectivity index (χ4v) is 1.86. The molecule has 1 rings (SSSR count). The predicted octanol–water partition coefficient (Wildman–Crippen LogP) is 3.97. The zero-order valence-corrected chi connectivity index (χ0v) is 11.1. The van der Waals surface area contributed by atoms with Gasteiger partial charge in [0.2, 0.25) is 0 Å². The van der Waals surface area contributed by atoms with Gasteiger partial charge in [-0.15, -0.1) is 0 Å². The molecule has 94 valence electrons. The molecular formula is C14H19ClFN. The van der Waals surface area contributed by atoms with Gasteiger partial charge in [0.05, 0.1) is 5.02 Å². The molecule has 1 nitrogen and oxygen atoms in total. The number of nitrogens with one attached hydrogen (secondary N) is 1. The number of benzene rings is 1. The van der Waals surface area contributed by atoms with E-state index >= 15 is 0 Å². The maximum Gasteiger partial charge on any atom is 0.145 e. The first-order chi connectivity index (χ1) is 8.06. The van der Waals surface area contributed by atoms with E-state index < -0.39 is 0 Å². The molecule has 0 aliphatic carbocycles. The van der Waals surface area contributed by atoms with E-state index in [2.05, 4.69) is 18.8 Å². The summed E-state index contributed by atoms with van der Waals surface area (Å²) in [6.45, 7) is 8.89. The topological polar surface area (TPSA) is 12.0 Å². The van der Waals surface area contributed by atoms with Crippen LogP contribution in [0.25, 0.3) is 0 Å². The van der Waals surface area contributed by atoms with Gasteiger partial charge in [-0.2, -0.15) is 0 Å². The molecule has 0 fully saturated rings. The minimum Gasteiger partial charge on any atom is -0.310 e. The molecule has 0 saturated heterocycles. The number of hydrogen-bond acceptors (Lipinski definition) is 1. The monoisotopic (exact) mass is 255 g/mol. The van der Waals surface area contributed by atoms with E-state index in [0.29, 0.717) is 12.0 Å². The van der Waals surface area contributed by atoms with Crippen molar-refractivity contribution in [2.75, 3.05) is 6.54 Å². The Kier molecular flexibility index (Phi) is 5.66. The summed E-state index contributed by atoms with van der Waals surface area (Å²) < 4.78 is 13.8. The third-order valence-corrected chi connectivity index (χ3v) is 2.98. The summed E-state index contributed by atoms with van der Waals surface area (Å²) in [5, 5.41) is 3.53. The highest BCUT2D eigenvalue weighted by molar-refractivity contribution is 6.30. The summed E-state index contributed by atoms with van der Waals surface area (Å²) in [6, 6.07) is 5.21. The van der Waals surface area contributed by atoms with Crippen LogP contribution in [-0.4, -0.2) is 12.6 Å². The van der Waals surface area contributed by atoms with Gasteiger partial charge in [-0.1, -0.05) is 42.8 Å². The molecule has 1 unspecified atom stereocenters. The fraction of sp³-hybridized carbons (Fsp3) is 0.429. The molecule has 0 aliphatic heterocycles. The molecule has 1 atom stereocenters. The van der Waals surface area contributed by atoms with Crippen LogP contribution in [0.4, 0.5) is 4.39 Å². The van der Waals surface area contributed by atoms with Crippen LogP contribution in [0.1, 0.15) is 25.8 Å². The smallest absolute Gasteiger partial charge is 0.145 e. The maximum atomic E-state index is 13.8. The van der Waals surface area contributed by atoms with E-state index in [9.17, 15) is 4.39 Å². The second-order valence-corrected chi connectivity index (χ2v) is 4.68. The fourth-order valence-electron chi connectivity index (χ4n) is 1.67. The lowest BCUT2D eigenvalue weighted by Crippen LogP contribution is -2.32. The molecule has 1 aromatic carbocycles. The van der Waals surface area contributed by atoms with Gasteiger partial charge in [-0.05, 0) is 37.9 Å². The molecule has 17 heavy (non-hydrogen) atoms. The SMILES string of the molecule is C=C(C)C(Cc1cccc(Cl)c1F)NCCC. The van der Waals surface area contributed by atoms with Crippen molar-refractivity contribution in [2.24, 2.45) is 0 Å². The van der Waals surface area contributed by atoms with E-state index in [1.54, 1.807) is 18.2 Å². The lowest BCUT2D eigenvalue weighted by molar-refractivity contribution is 0.542. The van der Waals surface area contributed by atoms with E-state index in [-0.39, 0.29) is 16.9 Å². The van der Waals surface area contributed by atoms with E-state index in [1.807, 2.05) is 6.92 Å². The Morgan fingerprint density at radius 1 is 1.53 bits per heavy atom. The molecule has 0 amide bonds. The van der Waals surface area contributed by atoms with Crippen molar-refractivity contribution in [3.63, 3.8) is 0 Å². The van der Waals surface area contributed by atoms with Crippen molar-refractivity contribution >= 4 is 11.6 Å². The second-order valence-electron chi connectivity index (χ2n) is 4.27. The average molecular weight is 256 g/mol. The summed E-state index contributed by atoms with van der Waals surface area (Å²) in [6.07, 6.45) is 1.63. The average Bonchev–Trinajstić information content (AvgIpc) is 2.29. The second kappa shape index (κ2) is 6.77. The summed E-state index contributed by atoms with van der Waals surface area (Å²) in [5.41, 5.74) is 1.65. The van der Waals surface area contributed by atoms with Crippen LogP contribution in [-0.2, 0) is 6.42 Å². The van der Waals surface area contributed by atoms with Crippen molar-refractivity contribution < 1.29 is 4.39 Å². The van der Waals surface area contributed by atoms with Crippen LogP contribution < -0.4 is 5.32 Å². The number of halogens is 2. The highest BCUT2D eigenvalue weighted by atomic mass is 35.5. The van der Waals surface area contributed by atoms with Crippen molar-refractivity contribution in [2.45, 2.75) is 32.7 Å². The standard InChI is InChI=1S/C14H19ClFN/c1-4-8-17-13(10(2)3)9-11-6-5-7-12(15)14(11)16/h5-7,13,17H,2,4,8-9H2,1,3H3. The molecule has 1 N–H and O–H groups in total. The summed E-state index contributed by atoms with van der Waals surface area (Å²) in [4.78, 5) is 0. The van der Waals surface area contributed by atoms with Crippen LogP contribution in [0.2, 0.25) is 5.02 Å². The Morgan fingerprint density at radius 2 is 2.24 bits per heavy atom. The van der Waals surface area contributed by atoms with E-state index in [4.69, 9.17) is 11.6 Å². The third kappa shape index (κ3) is 4.14. The van der Waals surface area contributed by atoms with E-state index in [0.717, 1.165) is 18.5 Å². The molecule has 3 heteroatoms. The van der Waals surface area contributed by atoms with Crippen LogP contribution in [0, 0.1) is 5.82 Å². The highest BCUT2D eigenvalue weighted by Gasteiger charge is 2.13. The lowest BCUT2D eigenvalue weighted by atomic mass is 10.0. The Labute approximate surface area is 108 Å². The normalized spacial score (nSPS) is 12.5. The summed E-state index contributed by atoms with van der Waals surface area (Å²) >= 11 is 5.76. The Hall–Kier alpha value is -0.860. The predicted molar refractivity (Wildman–Crippen MR) is 72.0 cm³/mol. The molecule has 0 aromatic heterocycles. The van der Waals surface area contributed by atoms with E-state index in [1.165, 1.54) is 0 Å². The molecule has 0 heterocycles. The Morgan fingerprint density at radius 3 is 2.82 bits per heavy atom. The molecular weight excluding hydrogens is 237 g/mol. The van der Waals surface area contributed by atoms with Crippen LogP contribution in [0.15, 0.2) is 30.4 Å². The maximum absolute atomic E-state index is 13.8. The van der Waals surface area contributed by atoms with Crippen molar-refractivity contribution in [1.82, 2.24) is 5.32 Å². The molecule has 0 saturated carbocycles. The molecule has 0 aliphatic rings. The molecule has 1 aromatic rings. The van der Waals surface area contributed by atoms with Gasteiger partial charge in [-0.25, -0.2) is 4.39 Å². The van der Waals surface area contributed by atoms with Crippen molar-refractivity contribution in [3.05, 3.63) is 46.8 Å². The van der Waals surface area contributed by atoms with Crippen LogP contribution in [0.3, 0.4) is 0 Å². The first-order valence-corrected chi connectivity index (χ1v) is 6.25. The molecule has 0 spiro atoms. The third-order valence-electron chi connectivity index (χ3n) is 2.69. The molecule has 0 radical (unpaired) electrons. The van der Waals surface area contributed by atoms with Crippen molar-refractivity contribution in [1.29, 1.82) is 0 Å². The lowest BCUT2D eigenvalue weighted by Gasteiger charge is -2.19.